The molecular formula is C8HCl2FO3. The maximum Gasteiger partial charge on any atom is 0.349 e. The van der Waals surface area contributed by atoms with E-state index in [1.807, 2.05) is 0 Å². The quantitative estimate of drug-likeness (QED) is 0.394. The number of rotatable bonds is 0. The second kappa shape index (κ2) is 2.93. The van der Waals surface area contributed by atoms with E-state index in [4.69, 9.17) is 23.2 Å². The van der Waals surface area contributed by atoms with Gasteiger partial charge in [-0.25, -0.2) is 14.0 Å². The van der Waals surface area contributed by atoms with Gasteiger partial charge in [0, 0.05) is 0 Å². The Hall–Kier alpha value is -1.13. The number of carbonyl (C=O) groups is 2. The Balaban J connectivity index is 2.86. The lowest BCUT2D eigenvalue weighted by atomic mass is 10.1. The van der Waals surface area contributed by atoms with E-state index in [2.05, 4.69) is 4.74 Å². The molecule has 0 bridgehead atoms. The van der Waals surface area contributed by atoms with Crippen molar-refractivity contribution in [3.63, 3.8) is 0 Å². The fraction of sp³-hybridized carbons (Fsp3) is 0. The van der Waals surface area contributed by atoms with E-state index < -0.39 is 23.3 Å². The predicted molar refractivity (Wildman–Crippen MR) is 46.2 cm³/mol. The number of fused-ring (bicyclic) bond motifs is 1. The van der Waals surface area contributed by atoms with Crippen molar-refractivity contribution in [3.8, 4) is 0 Å². The largest absolute Gasteiger partial charge is 0.386 e. The van der Waals surface area contributed by atoms with Crippen LogP contribution in [0.25, 0.3) is 0 Å². The van der Waals surface area contributed by atoms with Crippen molar-refractivity contribution >= 4 is 35.1 Å². The summed E-state index contributed by atoms with van der Waals surface area (Å²) >= 11 is 11.1. The zero-order valence-electron chi connectivity index (χ0n) is 6.44. The lowest BCUT2D eigenvalue weighted by molar-refractivity contribution is 0.0442. The van der Waals surface area contributed by atoms with Gasteiger partial charge in [0.15, 0.2) is 0 Å². The van der Waals surface area contributed by atoms with Crippen LogP contribution in [-0.2, 0) is 4.74 Å². The Morgan fingerprint density at radius 3 is 2.36 bits per heavy atom. The van der Waals surface area contributed by atoms with E-state index in [1.165, 1.54) is 0 Å². The molecule has 1 aliphatic rings. The molecule has 0 amide bonds. The van der Waals surface area contributed by atoms with Crippen LogP contribution >= 0.6 is 23.2 Å². The standard InChI is InChI=1S/C8HCl2FO3/c9-2-1-3(11)4-5(6(2)10)8(13)14-7(4)12/h1H. The molecule has 0 radical (unpaired) electrons. The molecule has 1 heterocycles. The van der Waals surface area contributed by atoms with Crippen LogP contribution in [0.3, 0.4) is 0 Å². The van der Waals surface area contributed by atoms with Gasteiger partial charge < -0.3 is 4.74 Å². The van der Waals surface area contributed by atoms with Crippen LogP contribution in [0.2, 0.25) is 10.0 Å². The van der Waals surface area contributed by atoms with Crippen LogP contribution in [0, 0.1) is 5.82 Å². The highest BCUT2D eigenvalue weighted by atomic mass is 35.5. The van der Waals surface area contributed by atoms with Crippen LogP contribution < -0.4 is 0 Å². The van der Waals surface area contributed by atoms with Gasteiger partial charge in [-0.15, -0.1) is 0 Å². The number of cyclic esters (lactones) is 2. The second-order valence-corrected chi connectivity index (χ2v) is 3.37. The SMILES string of the molecule is O=C1OC(=O)c2c(Cl)c(Cl)cc(F)c21. The van der Waals surface area contributed by atoms with E-state index in [0.717, 1.165) is 6.07 Å². The molecule has 0 spiro atoms. The third-order valence-electron chi connectivity index (χ3n) is 1.77. The van der Waals surface area contributed by atoms with E-state index >= 15 is 0 Å². The lowest BCUT2D eigenvalue weighted by Gasteiger charge is -1.99. The highest BCUT2D eigenvalue weighted by molar-refractivity contribution is 6.45. The Morgan fingerprint density at radius 1 is 1.14 bits per heavy atom. The number of ether oxygens (including phenoxy) is 1. The molecule has 0 aliphatic carbocycles. The first-order valence-corrected chi connectivity index (χ1v) is 4.22. The summed E-state index contributed by atoms with van der Waals surface area (Å²) in [7, 11) is 0. The number of benzene rings is 1. The van der Waals surface area contributed by atoms with Crippen molar-refractivity contribution in [2.75, 3.05) is 0 Å². The second-order valence-electron chi connectivity index (χ2n) is 2.58. The zero-order valence-corrected chi connectivity index (χ0v) is 7.95. The minimum absolute atomic E-state index is 0.130. The number of esters is 2. The molecule has 0 atom stereocenters. The minimum atomic E-state index is -1.04. The molecule has 1 aliphatic heterocycles. The van der Waals surface area contributed by atoms with Gasteiger partial charge in [0.05, 0.1) is 15.6 Å². The van der Waals surface area contributed by atoms with Crippen LogP contribution in [0.15, 0.2) is 6.07 Å². The van der Waals surface area contributed by atoms with Gasteiger partial charge in [-0.1, -0.05) is 23.2 Å². The normalized spacial score (nSPS) is 14.2. The smallest absolute Gasteiger partial charge is 0.349 e. The maximum absolute atomic E-state index is 13.2. The average molecular weight is 235 g/mol. The minimum Gasteiger partial charge on any atom is -0.386 e. The molecule has 6 heteroatoms. The Labute approximate surface area is 87.4 Å². The Morgan fingerprint density at radius 2 is 1.71 bits per heavy atom. The van der Waals surface area contributed by atoms with E-state index in [9.17, 15) is 14.0 Å². The first-order valence-electron chi connectivity index (χ1n) is 3.46. The summed E-state index contributed by atoms with van der Waals surface area (Å²) in [6.07, 6.45) is 0. The van der Waals surface area contributed by atoms with E-state index in [-0.39, 0.29) is 15.6 Å². The summed E-state index contributed by atoms with van der Waals surface area (Å²) in [5.74, 6) is -2.93. The summed E-state index contributed by atoms with van der Waals surface area (Å²) in [6, 6.07) is 0.864. The summed E-state index contributed by atoms with van der Waals surface area (Å²) in [5.41, 5.74) is -0.758. The molecule has 0 saturated heterocycles. The highest BCUT2D eigenvalue weighted by Crippen LogP contribution is 2.34. The summed E-state index contributed by atoms with van der Waals surface area (Å²) in [5, 5.41) is -0.298. The van der Waals surface area contributed by atoms with Crippen molar-refractivity contribution in [2.24, 2.45) is 0 Å². The molecule has 1 aromatic carbocycles. The monoisotopic (exact) mass is 234 g/mol. The average Bonchev–Trinajstić information content (AvgIpc) is 2.38. The van der Waals surface area contributed by atoms with Crippen molar-refractivity contribution in [1.29, 1.82) is 0 Å². The predicted octanol–water partition coefficient (Wildman–Crippen LogP) is 2.44. The van der Waals surface area contributed by atoms with Gasteiger partial charge in [-0.3, -0.25) is 0 Å². The number of halogens is 3. The van der Waals surface area contributed by atoms with Crippen molar-refractivity contribution < 1.29 is 18.7 Å². The number of hydrogen-bond acceptors (Lipinski definition) is 3. The first-order chi connectivity index (χ1) is 6.52. The van der Waals surface area contributed by atoms with Gasteiger partial charge >= 0.3 is 11.9 Å². The van der Waals surface area contributed by atoms with Gasteiger partial charge in [0.1, 0.15) is 11.4 Å². The fourth-order valence-corrected chi connectivity index (χ4v) is 1.59. The zero-order chi connectivity index (χ0) is 10.5. The molecule has 3 nitrogen and oxygen atoms in total. The molecule has 0 fully saturated rings. The maximum atomic E-state index is 13.2. The van der Waals surface area contributed by atoms with Crippen LogP contribution in [0.5, 0.6) is 0 Å². The van der Waals surface area contributed by atoms with E-state index in [1.54, 1.807) is 0 Å². The molecular weight excluding hydrogens is 234 g/mol. The highest BCUT2D eigenvalue weighted by Gasteiger charge is 2.36. The number of hydrogen-bond donors (Lipinski definition) is 0. The molecule has 0 aromatic heterocycles. The van der Waals surface area contributed by atoms with Crippen LogP contribution in [0.1, 0.15) is 20.7 Å². The van der Waals surface area contributed by atoms with Crippen LogP contribution in [0.4, 0.5) is 4.39 Å². The van der Waals surface area contributed by atoms with Gasteiger partial charge in [0.2, 0.25) is 0 Å². The molecule has 2 rings (SSSR count). The summed E-state index contributed by atoms with van der Waals surface area (Å²) in [6.45, 7) is 0. The van der Waals surface area contributed by atoms with Crippen LogP contribution in [-0.4, -0.2) is 11.9 Å². The molecule has 0 N–H and O–H groups in total. The van der Waals surface area contributed by atoms with Gasteiger partial charge in [0.25, 0.3) is 0 Å². The van der Waals surface area contributed by atoms with E-state index in [0.29, 0.717) is 0 Å². The van der Waals surface area contributed by atoms with Gasteiger partial charge in [-0.2, -0.15) is 0 Å². The Kier molecular flexibility index (Phi) is 1.97. The topological polar surface area (TPSA) is 43.4 Å². The third-order valence-corrected chi connectivity index (χ3v) is 2.55. The third kappa shape index (κ3) is 1.11. The Bertz CT molecular complexity index is 470. The molecule has 1 aromatic rings. The molecule has 0 saturated carbocycles. The van der Waals surface area contributed by atoms with Crippen molar-refractivity contribution in [1.82, 2.24) is 0 Å². The molecule has 72 valence electrons. The first kappa shape index (κ1) is 9.43. The molecule has 14 heavy (non-hydrogen) atoms. The van der Waals surface area contributed by atoms with Crippen molar-refractivity contribution in [3.05, 3.63) is 33.1 Å². The fourth-order valence-electron chi connectivity index (χ4n) is 1.17. The lowest BCUT2D eigenvalue weighted by Crippen LogP contribution is -1.98. The van der Waals surface area contributed by atoms with Crippen molar-refractivity contribution in [2.45, 2.75) is 0 Å². The molecule has 0 unspecified atom stereocenters. The summed E-state index contributed by atoms with van der Waals surface area (Å²) < 4.78 is 17.3. The van der Waals surface area contributed by atoms with Gasteiger partial charge in [-0.05, 0) is 6.07 Å². The summed E-state index contributed by atoms with van der Waals surface area (Å²) in [4.78, 5) is 22.0. The number of carbonyl (C=O) groups excluding carboxylic acids is 2.